The minimum Gasteiger partial charge on any atom is -0.311 e. The number of hydrogen-bond donors (Lipinski definition) is 0. The number of para-hydroxylation sites is 5. The number of benzene rings is 6. The predicted molar refractivity (Wildman–Crippen MR) is 206 cm³/mol. The summed E-state index contributed by atoms with van der Waals surface area (Å²) < 4.78 is 2.27. The highest BCUT2D eigenvalue weighted by molar-refractivity contribution is 6.10. The second kappa shape index (κ2) is 12.9. The lowest BCUT2D eigenvalue weighted by Crippen LogP contribution is -2.14. The fraction of sp³-hybridized carbons (Fsp3) is 0.0222. The second-order valence-corrected chi connectivity index (χ2v) is 12.0. The van der Waals surface area contributed by atoms with E-state index in [1.54, 1.807) is 0 Å². The second-order valence-electron chi connectivity index (χ2n) is 12.0. The van der Waals surface area contributed by atoms with Crippen LogP contribution in [-0.4, -0.2) is 14.5 Å². The van der Waals surface area contributed by atoms with E-state index in [9.17, 15) is 0 Å². The highest BCUT2D eigenvalue weighted by atomic mass is 15.1. The molecule has 0 atom stereocenters. The number of anilines is 2. The van der Waals surface area contributed by atoms with E-state index in [2.05, 4.69) is 138 Å². The third-order valence-corrected chi connectivity index (χ3v) is 8.94. The Balaban J connectivity index is 1.27. The highest BCUT2D eigenvalue weighted by Gasteiger charge is 2.19. The Labute approximate surface area is 286 Å². The molecule has 0 amide bonds. The van der Waals surface area contributed by atoms with Crippen LogP contribution in [0, 0.1) is 0 Å². The lowest BCUT2D eigenvalue weighted by molar-refractivity contribution is 1.08. The molecule has 0 aliphatic rings. The minimum atomic E-state index is 0.816. The maximum Gasteiger partial charge on any atom is 0.165 e. The molecule has 2 aromatic heterocycles. The van der Waals surface area contributed by atoms with Gasteiger partial charge in [-0.3, -0.25) is 4.57 Å². The van der Waals surface area contributed by atoms with Gasteiger partial charge >= 0.3 is 0 Å². The normalized spacial score (nSPS) is 12.1. The summed E-state index contributed by atoms with van der Waals surface area (Å²) in [5.74, 6) is 0.816. The van der Waals surface area contributed by atoms with Gasteiger partial charge in [0, 0.05) is 33.4 Å². The molecule has 0 saturated carbocycles. The molecule has 6 aromatic carbocycles. The Morgan fingerprint density at radius 2 is 1.16 bits per heavy atom. The third kappa shape index (κ3) is 5.60. The molecule has 49 heavy (non-hydrogen) atoms. The Hall–Kier alpha value is -6.52. The lowest BCUT2D eigenvalue weighted by Gasteiger charge is -2.26. The summed E-state index contributed by atoms with van der Waals surface area (Å²) in [5, 5.41) is 2.33. The van der Waals surface area contributed by atoms with Crippen LogP contribution in [0.3, 0.4) is 0 Å². The van der Waals surface area contributed by atoms with Crippen LogP contribution in [0.5, 0.6) is 0 Å². The fourth-order valence-electron chi connectivity index (χ4n) is 6.52. The van der Waals surface area contributed by atoms with Crippen molar-refractivity contribution >= 4 is 49.8 Å². The smallest absolute Gasteiger partial charge is 0.165 e. The Morgan fingerprint density at radius 1 is 0.592 bits per heavy atom. The van der Waals surface area contributed by atoms with Crippen LogP contribution in [0.2, 0.25) is 0 Å². The SMILES string of the molecule is C=C/C(=C\C=C(/C)c1ccc2c(c1)c1ccccc1n2-c1nc2ccccc2nc1-c1ccccc1)N(c1ccccc1)c1ccccc1. The average molecular weight is 631 g/mol. The van der Waals surface area contributed by atoms with Gasteiger partial charge in [-0.2, -0.15) is 0 Å². The molecule has 0 radical (unpaired) electrons. The monoisotopic (exact) mass is 630 g/mol. The number of fused-ring (bicyclic) bond motifs is 4. The van der Waals surface area contributed by atoms with Gasteiger partial charge in [0.15, 0.2) is 5.82 Å². The average Bonchev–Trinajstić information content (AvgIpc) is 3.50. The van der Waals surface area contributed by atoms with Crippen molar-refractivity contribution in [2.24, 2.45) is 0 Å². The van der Waals surface area contributed by atoms with Gasteiger partial charge in [0.05, 0.1) is 22.1 Å². The van der Waals surface area contributed by atoms with Crippen molar-refractivity contribution in [1.82, 2.24) is 14.5 Å². The molecular formula is C45H34N4. The summed E-state index contributed by atoms with van der Waals surface area (Å²) in [6.07, 6.45) is 6.24. The molecule has 4 nitrogen and oxygen atoms in total. The van der Waals surface area contributed by atoms with Crippen LogP contribution in [0.25, 0.3) is 55.5 Å². The summed E-state index contributed by atoms with van der Waals surface area (Å²) in [6.45, 7) is 6.35. The number of allylic oxidation sites excluding steroid dienone is 4. The molecule has 0 saturated heterocycles. The van der Waals surface area contributed by atoms with Crippen LogP contribution >= 0.6 is 0 Å². The zero-order valence-electron chi connectivity index (χ0n) is 27.2. The van der Waals surface area contributed by atoms with Crippen molar-refractivity contribution in [2.75, 3.05) is 4.90 Å². The van der Waals surface area contributed by atoms with E-state index >= 15 is 0 Å². The molecule has 0 spiro atoms. The summed E-state index contributed by atoms with van der Waals surface area (Å²) in [4.78, 5) is 12.6. The molecule has 8 rings (SSSR count). The van der Waals surface area contributed by atoms with Crippen LogP contribution in [0.1, 0.15) is 12.5 Å². The molecule has 4 heteroatoms. The summed E-state index contributed by atoms with van der Waals surface area (Å²) in [5.41, 5.74) is 11.2. The molecule has 8 aromatic rings. The van der Waals surface area contributed by atoms with Gasteiger partial charge in [-0.25, -0.2) is 9.97 Å². The van der Waals surface area contributed by atoms with Crippen LogP contribution in [0.15, 0.2) is 188 Å². The van der Waals surface area contributed by atoms with Crippen molar-refractivity contribution in [1.29, 1.82) is 0 Å². The van der Waals surface area contributed by atoms with Crippen molar-refractivity contribution < 1.29 is 0 Å². The van der Waals surface area contributed by atoms with Crippen molar-refractivity contribution in [3.05, 3.63) is 194 Å². The fourth-order valence-corrected chi connectivity index (χ4v) is 6.52. The van der Waals surface area contributed by atoms with Gasteiger partial charge in [0.1, 0.15) is 5.69 Å². The summed E-state index contributed by atoms with van der Waals surface area (Å²) in [7, 11) is 0. The lowest BCUT2D eigenvalue weighted by atomic mass is 10.0. The molecule has 0 aliphatic heterocycles. The Kier molecular flexibility index (Phi) is 7.88. The molecular weight excluding hydrogens is 597 g/mol. The van der Waals surface area contributed by atoms with Gasteiger partial charge in [0.2, 0.25) is 0 Å². The first-order valence-electron chi connectivity index (χ1n) is 16.5. The van der Waals surface area contributed by atoms with Gasteiger partial charge in [-0.05, 0) is 84.8 Å². The number of hydrogen-bond acceptors (Lipinski definition) is 3. The van der Waals surface area contributed by atoms with E-state index in [0.29, 0.717) is 0 Å². The number of rotatable bonds is 8. The van der Waals surface area contributed by atoms with Gasteiger partial charge in [-0.1, -0.05) is 116 Å². The topological polar surface area (TPSA) is 34.0 Å². The van der Waals surface area contributed by atoms with Gasteiger partial charge in [-0.15, -0.1) is 0 Å². The maximum atomic E-state index is 5.24. The quantitative estimate of drug-likeness (QED) is 0.157. The van der Waals surface area contributed by atoms with Crippen molar-refractivity contribution in [3.8, 4) is 17.1 Å². The predicted octanol–water partition coefficient (Wildman–Crippen LogP) is 11.7. The van der Waals surface area contributed by atoms with E-state index < -0.39 is 0 Å². The van der Waals surface area contributed by atoms with E-state index in [1.165, 1.54) is 5.39 Å². The van der Waals surface area contributed by atoms with Crippen LogP contribution in [0.4, 0.5) is 11.4 Å². The largest absolute Gasteiger partial charge is 0.311 e. The van der Waals surface area contributed by atoms with Gasteiger partial charge in [0.25, 0.3) is 0 Å². The van der Waals surface area contributed by atoms with Crippen LogP contribution in [-0.2, 0) is 0 Å². The molecule has 0 unspecified atom stereocenters. The van der Waals surface area contributed by atoms with Crippen LogP contribution < -0.4 is 4.90 Å². The molecule has 0 N–H and O–H groups in total. The number of nitrogens with zero attached hydrogens (tertiary/aromatic N) is 4. The Morgan fingerprint density at radius 3 is 1.84 bits per heavy atom. The van der Waals surface area contributed by atoms with E-state index in [1.807, 2.05) is 60.7 Å². The zero-order chi connectivity index (χ0) is 33.2. The van der Waals surface area contributed by atoms with E-state index in [4.69, 9.17) is 9.97 Å². The van der Waals surface area contributed by atoms with Crippen molar-refractivity contribution in [3.63, 3.8) is 0 Å². The molecule has 2 heterocycles. The number of aromatic nitrogens is 3. The summed E-state index contributed by atoms with van der Waals surface area (Å²) >= 11 is 0. The third-order valence-electron chi connectivity index (χ3n) is 8.94. The van der Waals surface area contributed by atoms with Gasteiger partial charge < -0.3 is 4.90 Å². The summed E-state index contributed by atoms with van der Waals surface area (Å²) in [6, 6.07) is 54.5. The van der Waals surface area contributed by atoms with E-state index in [-0.39, 0.29) is 0 Å². The maximum absolute atomic E-state index is 5.24. The Bertz CT molecular complexity index is 2470. The highest BCUT2D eigenvalue weighted by Crippen LogP contribution is 2.37. The van der Waals surface area contributed by atoms with E-state index in [0.717, 1.165) is 72.7 Å². The minimum absolute atomic E-state index is 0.816. The molecule has 0 fully saturated rings. The first-order chi connectivity index (χ1) is 24.2. The molecule has 234 valence electrons. The molecule has 0 bridgehead atoms. The first kappa shape index (κ1) is 29.9. The molecule has 0 aliphatic carbocycles. The zero-order valence-corrected chi connectivity index (χ0v) is 27.2. The first-order valence-corrected chi connectivity index (χ1v) is 16.5. The van der Waals surface area contributed by atoms with Crippen molar-refractivity contribution in [2.45, 2.75) is 6.92 Å². The standard InChI is InChI=1S/C45H34N4/c1-3-35(48(36-19-9-5-10-20-36)37-21-11-6-12-22-37)29-27-32(2)34-28-30-43-39(31-34)38-23-13-16-26-42(38)49(43)45-44(33-17-7-4-8-18-33)46-40-24-14-15-25-41(40)47-45/h3-31H,1H2,2H3/b32-27+,35-29+.